The van der Waals surface area contributed by atoms with Gasteiger partial charge < -0.3 is 29.7 Å². The first kappa shape index (κ1) is 66.9. The first-order valence-corrected chi connectivity index (χ1v) is 26.9. The monoisotopic (exact) mass is 1060 g/mol. The van der Waals surface area contributed by atoms with Crippen molar-refractivity contribution in [2.45, 2.75) is 329 Å². The minimum Gasteiger partial charge on any atom is -0.550 e. The first-order chi connectivity index (χ1) is 29.3. The second-order valence-corrected chi connectivity index (χ2v) is 18.2. The molecule has 0 amide bonds. The molecule has 0 unspecified atom stereocenters. The van der Waals surface area contributed by atoms with Gasteiger partial charge in [0, 0.05) is 17.9 Å². The van der Waals surface area contributed by atoms with Crippen molar-refractivity contribution in [1.82, 2.24) is 0 Å². The predicted octanol–water partition coefficient (Wildman–Crippen LogP) is 14.6. The van der Waals surface area contributed by atoms with Gasteiger partial charge in [0.05, 0.1) is 0 Å². The van der Waals surface area contributed by atoms with Gasteiger partial charge in [-0.15, -0.1) is 0 Å². The van der Waals surface area contributed by atoms with Crippen LogP contribution < -0.4 is 15.3 Å². The Labute approximate surface area is 400 Å². The molecule has 6 nitrogen and oxygen atoms in total. The van der Waals surface area contributed by atoms with Gasteiger partial charge in [-0.1, -0.05) is 290 Å². The maximum absolute atomic E-state index is 10.2. The Hall–Kier alpha value is -0.707. The van der Waals surface area contributed by atoms with Crippen LogP contribution in [-0.4, -0.2) is 44.1 Å². The van der Waals surface area contributed by atoms with E-state index in [9.17, 15) is 29.7 Å². The van der Waals surface area contributed by atoms with Gasteiger partial charge in [0.2, 0.25) is 0 Å². The van der Waals surface area contributed by atoms with Crippen LogP contribution in [0.2, 0.25) is 0 Å². The van der Waals surface area contributed by atoms with Gasteiger partial charge in [0.25, 0.3) is 0 Å². The number of aliphatic carboxylic acids is 3. The summed E-state index contributed by atoms with van der Waals surface area (Å²) in [6.07, 6.45) is 59.6. The third kappa shape index (κ3) is 76.9. The summed E-state index contributed by atoms with van der Waals surface area (Å²) < 4.78 is 0. The molecule has 362 valence electrons. The zero-order valence-electron chi connectivity index (χ0n) is 41.3. The maximum Gasteiger partial charge on any atom is 3.00 e. The first-order valence-electron chi connectivity index (χ1n) is 26.9. The van der Waals surface area contributed by atoms with Crippen LogP contribution in [0.4, 0.5) is 0 Å². The number of carbonyl (C=O) groups excluding carboxylic acids is 3. The van der Waals surface area contributed by atoms with E-state index in [0.29, 0.717) is 0 Å². The quantitative estimate of drug-likeness (QED) is 0.0442. The molecular weight excluding hydrogens is 954 g/mol. The van der Waals surface area contributed by atoms with Crippen molar-refractivity contribution in [3.63, 3.8) is 0 Å². The molecule has 0 N–H and O–H groups in total. The van der Waals surface area contributed by atoms with E-state index in [2.05, 4.69) is 20.8 Å². The number of rotatable bonds is 48. The van der Waals surface area contributed by atoms with Gasteiger partial charge >= 0.3 is 26.2 Å². The SMILES string of the molecule is CCCCCCCCCCCCCCCCCC(=O)[O-].CCCCCCCCCCCCCCCCCC(=O)[O-].CCCCCCCCCCCCCCCCCC(=O)[O-].[Bi+3]. The molecule has 0 heterocycles. The molecule has 0 rings (SSSR count). The summed E-state index contributed by atoms with van der Waals surface area (Å²) in [4.78, 5) is 30.7. The molecular formula is C54H105BiO6. The van der Waals surface area contributed by atoms with Gasteiger partial charge in [-0.05, 0) is 38.5 Å². The minimum absolute atomic E-state index is 0. The summed E-state index contributed by atoms with van der Waals surface area (Å²) in [5.41, 5.74) is 0. The van der Waals surface area contributed by atoms with Crippen LogP contribution in [0.3, 0.4) is 0 Å². The Bertz CT molecular complexity index is 717. The summed E-state index contributed by atoms with van der Waals surface area (Å²) in [5.74, 6) is -2.71. The Kier molecular flexibility index (Phi) is 69.7. The van der Waals surface area contributed by atoms with Crippen LogP contribution in [0.1, 0.15) is 329 Å². The number of carboxylic acids is 3. The molecule has 2 radical (unpaired) electrons. The molecule has 0 saturated heterocycles. The molecule has 7 heteroatoms. The van der Waals surface area contributed by atoms with Gasteiger partial charge in [-0.3, -0.25) is 0 Å². The second-order valence-electron chi connectivity index (χ2n) is 18.2. The maximum atomic E-state index is 10.2. The molecule has 0 aromatic heterocycles. The summed E-state index contributed by atoms with van der Waals surface area (Å²) in [6, 6.07) is 0. The molecule has 0 aromatic rings. The van der Waals surface area contributed by atoms with E-state index in [1.165, 1.54) is 250 Å². The van der Waals surface area contributed by atoms with Crippen molar-refractivity contribution in [2.75, 3.05) is 0 Å². The molecule has 0 aliphatic heterocycles. The molecule has 0 aliphatic carbocycles. The largest absolute Gasteiger partial charge is 3.00 e. The van der Waals surface area contributed by atoms with Crippen molar-refractivity contribution in [2.24, 2.45) is 0 Å². The zero-order chi connectivity index (χ0) is 44.7. The fraction of sp³-hybridized carbons (Fsp3) is 0.944. The number of carboxylic acid groups (broad SMARTS) is 3. The summed E-state index contributed by atoms with van der Waals surface area (Å²) in [6.45, 7) is 6.80. The molecule has 0 fully saturated rings. The third-order valence-electron chi connectivity index (χ3n) is 12.0. The molecule has 0 saturated carbocycles. The second kappa shape index (κ2) is 63.6. The molecule has 0 bridgehead atoms. The fourth-order valence-corrected chi connectivity index (χ4v) is 7.92. The van der Waals surface area contributed by atoms with Crippen molar-refractivity contribution >= 4 is 44.1 Å². The Morgan fingerprint density at radius 2 is 0.311 bits per heavy atom. The average molecular weight is 1060 g/mol. The summed E-state index contributed by atoms with van der Waals surface area (Å²) in [5, 5.41) is 30.7. The number of hydrogen-bond donors (Lipinski definition) is 0. The van der Waals surface area contributed by atoms with Crippen molar-refractivity contribution in [1.29, 1.82) is 0 Å². The van der Waals surface area contributed by atoms with Crippen LogP contribution in [0, 0.1) is 0 Å². The van der Waals surface area contributed by atoms with E-state index in [1.807, 2.05) is 0 Å². The minimum atomic E-state index is -0.903. The topological polar surface area (TPSA) is 120 Å². The van der Waals surface area contributed by atoms with Crippen LogP contribution in [0.5, 0.6) is 0 Å². The molecule has 61 heavy (non-hydrogen) atoms. The number of carbonyl (C=O) groups is 3. The van der Waals surface area contributed by atoms with E-state index in [-0.39, 0.29) is 45.5 Å². The third-order valence-corrected chi connectivity index (χ3v) is 12.0. The van der Waals surface area contributed by atoms with Crippen LogP contribution >= 0.6 is 0 Å². The Balaban J connectivity index is -0.000000396. The van der Waals surface area contributed by atoms with Crippen molar-refractivity contribution in [3.05, 3.63) is 0 Å². The normalized spacial score (nSPS) is 10.7. The molecule has 0 aromatic carbocycles. The van der Waals surface area contributed by atoms with E-state index < -0.39 is 17.9 Å². The standard InChI is InChI=1S/3C18H36O2.Bi/c3*1-2-3-4-5-6-7-8-9-10-11-12-13-14-15-16-17-18(19)20;/h3*2-17H2,1H3,(H,19,20);/q;;;+3/p-3. The van der Waals surface area contributed by atoms with E-state index in [1.54, 1.807) is 0 Å². The summed E-state index contributed by atoms with van der Waals surface area (Å²) in [7, 11) is 0. The predicted molar refractivity (Wildman–Crippen MR) is 259 cm³/mol. The Morgan fingerprint density at radius 1 is 0.213 bits per heavy atom. The van der Waals surface area contributed by atoms with E-state index in [4.69, 9.17) is 0 Å². The molecule has 0 atom stereocenters. The Morgan fingerprint density at radius 3 is 0.410 bits per heavy atom. The van der Waals surface area contributed by atoms with Crippen molar-refractivity contribution in [3.8, 4) is 0 Å². The number of hydrogen-bond acceptors (Lipinski definition) is 6. The smallest absolute Gasteiger partial charge is 0.550 e. The van der Waals surface area contributed by atoms with Gasteiger partial charge in [-0.2, -0.15) is 0 Å². The van der Waals surface area contributed by atoms with Gasteiger partial charge in [0.1, 0.15) is 0 Å². The van der Waals surface area contributed by atoms with Gasteiger partial charge in [-0.25, -0.2) is 0 Å². The van der Waals surface area contributed by atoms with Crippen LogP contribution in [-0.2, 0) is 14.4 Å². The van der Waals surface area contributed by atoms with E-state index in [0.717, 1.165) is 38.5 Å². The van der Waals surface area contributed by atoms with Crippen LogP contribution in [0.25, 0.3) is 0 Å². The van der Waals surface area contributed by atoms with Crippen molar-refractivity contribution < 1.29 is 29.7 Å². The fourth-order valence-electron chi connectivity index (χ4n) is 7.92. The van der Waals surface area contributed by atoms with E-state index >= 15 is 0 Å². The van der Waals surface area contributed by atoms with Gasteiger partial charge in [0.15, 0.2) is 0 Å². The zero-order valence-corrected chi connectivity index (χ0v) is 44.8. The summed E-state index contributed by atoms with van der Waals surface area (Å²) >= 11 is 0. The average Bonchev–Trinajstić information content (AvgIpc) is 3.22. The molecule has 0 aliphatic rings. The van der Waals surface area contributed by atoms with Crippen LogP contribution in [0.15, 0.2) is 0 Å². The number of unbranched alkanes of at least 4 members (excludes halogenated alkanes) is 42. The molecule has 0 spiro atoms.